The number of aromatic nitrogens is 3. The van der Waals surface area contributed by atoms with Crippen LogP contribution in [0.4, 0.5) is 4.79 Å². The van der Waals surface area contributed by atoms with Crippen molar-refractivity contribution in [3.05, 3.63) is 65.9 Å². The first kappa shape index (κ1) is 20.6. The van der Waals surface area contributed by atoms with Gasteiger partial charge in [-0.3, -0.25) is 9.97 Å². The standard InChI is InChI=1S/C26H28N4O2/c1-26(2,3)32-25(31)30-12-9-17(10-13-30)22-15-27-16-23(29-22)20-8-11-28-21-14-18-6-4-5-7-19(18)24(20)21/h4-8,11,15-17H,9-10,12-14H2,1-3H3. The number of amides is 1. The van der Waals surface area contributed by atoms with E-state index in [1.807, 2.05) is 45.4 Å². The minimum absolute atomic E-state index is 0.234. The molecule has 2 aliphatic rings. The fourth-order valence-electron chi connectivity index (χ4n) is 4.64. The highest BCUT2D eigenvalue weighted by atomic mass is 16.6. The van der Waals surface area contributed by atoms with Crippen LogP contribution in [-0.2, 0) is 11.2 Å². The molecule has 5 rings (SSSR count). The molecular weight excluding hydrogens is 400 g/mol. The Morgan fingerprint density at radius 3 is 2.62 bits per heavy atom. The number of benzene rings is 1. The maximum Gasteiger partial charge on any atom is 0.410 e. The number of rotatable bonds is 2. The van der Waals surface area contributed by atoms with Crippen molar-refractivity contribution in [2.45, 2.75) is 51.6 Å². The highest BCUT2D eigenvalue weighted by Gasteiger charge is 2.29. The van der Waals surface area contributed by atoms with Gasteiger partial charge in [0.25, 0.3) is 0 Å². The van der Waals surface area contributed by atoms with Crippen molar-refractivity contribution in [3.63, 3.8) is 0 Å². The quantitative estimate of drug-likeness (QED) is 0.438. The molecule has 1 aliphatic carbocycles. The summed E-state index contributed by atoms with van der Waals surface area (Å²) in [5, 5.41) is 0. The lowest BCUT2D eigenvalue weighted by Gasteiger charge is -2.33. The van der Waals surface area contributed by atoms with Crippen molar-refractivity contribution in [2.75, 3.05) is 13.1 Å². The number of pyridine rings is 1. The second kappa shape index (κ2) is 8.01. The van der Waals surface area contributed by atoms with E-state index in [0.717, 1.165) is 41.9 Å². The van der Waals surface area contributed by atoms with Crippen LogP contribution >= 0.6 is 0 Å². The van der Waals surface area contributed by atoms with E-state index >= 15 is 0 Å². The van der Waals surface area contributed by atoms with Crippen LogP contribution in [0.5, 0.6) is 0 Å². The number of piperidine rings is 1. The largest absolute Gasteiger partial charge is 0.444 e. The number of fused-ring (bicyclic) bond motifs is 3. The van der Waals surface area contributed by atoms with Gasteiger partial charge in [0.2, 0.25) is 0 Å². The van der Waals surface area contributed by atoms with Crippen LogP contribution in [0.1, 0.15) is 56.5 Å². The van der Waals surface area contributed by atoms with Crippen LogP contribution in [0.15, 0.2) is 48.9 Å². The van der Waals surface area contributed by atoms with E-state index in [9.17, 15) is 4.79 Å². The van der Waals surface area contributed by atoms with Gasteiger partial charge in [-0.05, 0) is 50.8 Å². The summed E-state index contributed by atoms with van der Waals surface area (Å²) in [6.07, 6.45) is 7.91. The summed E-state index contributed by atoms with van der Waals surface area (Å²) >= 11 is 0. The van der Waals surface area contributed by atoms with E-state index in [1.54, 1.807) is 4.90 Å². The molecule has 0 spiro atoms. The summed E-state index contributed by atoms with van der Waals surface area (Å²) in [5.74, 6) is 0.281. The summed E-state index contributed by atoms with van der Waals surface area (Å²) in [7, 11) is 0. The number of carbonyl (C=O) groups is 1. The molecule has 3 heterocycles. The van der Waals surface area contributed by atoms with E-state index < -0.39 is 5.60 Å². The second-order valence-corrected chi connectivity index (χ2v) is 9.58. The van der Waals surface area contributed by atoms with Crippen molar-refractivity contribution < 1.29 is 9.53 Å². The first-order chi connectivity index (χ1) is 15.4. The third kappa shape index (κ3) is 3.97. The Balaban J connectivity index is 1.37. The summed E-state index contributed by atoms with van der Waals surface area (Å²) in [6, 6.07) is 10.5. The fraction of sp³-hybridized carbons (Fsp3) is 0.385. The van der Waals surface area contributed by atoms with Crippen molar-refractivity contribution in [1.82, 2.24) is 19.9 Å². The maximum absolute atomic E-state index is 12.4. The summed E-state index contributed by atoms with van der Waals surface area (Å²) < 4.78 is 5.52. The lowest BCUT2D eigenvalue weighted by molar-refractivity contribution is 0.0204. The van der Waals surface area contributed by atoms with Crippen LogP contribution in [0.2, 0.25) is 0 Å². The van der Waals surface area contributed by atoms with E-state index in [4.69, 9.17) is 9.72 Å². The molecular formula is C26H28N4O2. The Labute approximate surface area is 188 Å². The monoisotopic (exact) mass is 428 g/mol. The first-order valence-electron chi connectivity index (χ1n) is 11.3. The molecule has 1 amide bonds. The van der Waals surface area contributed by atoms with Gasteiger partial charge in [-0.25, -0.2) is 9.78 Å². The van der Waals surface area contributed by atoms with Gasteiger partial charge in [0.1, 0.15) is 5.60 Å². The molecule has 1 fully saturated rings. The van der Waals surface area contributed by atoms with E-state index in [1.165, 1.54) is 16.7 Å². The zero-order valence-electron chi connectivity index (χ0n) is 18.8. The third-order valence-corrected chi connectivity index (χ3v) is 6.17. The summed E-state index contributed by atoms with van der Waals surface area (Å²) in [6.45, 7) is 7.03. The first-order valence-corrected chi connectivity index (χ1v) is 11.3. The topological polar surface area (TPSA) is 68.2 Å². The minimum atomic E-state index is -0.475. The zero-order valence-corrected chi connectivity index (χ0v) is 18.8. The average molecular weight is 429 g/mol. The molecule has 1 aromatic carbocycles. The molecule has 0 radical (unpaired) electrons. The van der Waals surface area contributed by atoms with Crippen molar-refractivity contribution >= 4 is 6.09 Å². The molecule has 0 N–H and O–H groups in total. The molecule has 0 saturated carbocycles. The fourth-order valence-corrected chi connectivity index (χ4v) is 4.64. The number of hydrogen-bond donors (Lipinski definition) is 0. The third-order valence-electron chi connectivity index (χ3n) is 6.17. The molecule has 1 saturated heterocycles. The number of hydrogen-bond acceptors (Lipinski definition) is 5. The van der Waals surface area contributed by atoms with E-state index in [0.29, 0.717) is 13.1 Å². The Hall–Kier alpha value is -3.28. The molecule has 32 heavy (non-hydrogen) atoms. The number of carbonyl (C=O) groups excluding carboxylic acids is 1. The highest BCUT2D eigenvalue weighted by molar-refractivity contribution is 5.88. The van der Waals surface area contributed by atoms with Crippen molar-refractivity contribution in [3.8, 4) is 22.4 Å². The molecule has 6 nitrogen and oxygen atoms in total. The van der Waals surface area contributed by atoms with E-state index in [2.05, 4.69) is 34.2 Å². The molecule has 0 atom stereocenters. The molecule has 3 aromatic rings. The molecule has 164 valence electrons. The van der Waals surface area contributed by atoms with Crippen molar-refractivity contribution in [1.29, 1.82) is 0 Å². The Morgan fingerprint density at radius 1 is 1.06 bits per heavy atom. The van der Waals surface area contributed by atoms with Gasteiger partial charge in [0.05, 0.1) is 23.3 Å². The molecule has 1 aliphatic heterocycles. The van der Waals surface area contributed by atoms with Gasteiger partial charge in [-0.1, -0.05) is 24.3 Å². The van der Waals surface area contributed by atoms with Gasteiger partial charge in [0, 0.05) is 48.9 Å². The summed E-state index contributed by atoms with van der Waals surface area (Å²) in [4.78, 5) is 28.4. The van der Waals surface area contributed by atoms with Crippen LogP contribution in [0.3, 0.4) is 0 Å². The molecule has 0 bridgehead atoms. The predicted octanol–water partition coefficient (Wildman–Crippen LogP) is 5.22. The van der Waals surface area contributed by atoms with Crippen LogP contribution in [0, 0.1) is 0 Å². The second-order valence-electron chi connectivity index (χ2n) is 9.58. The lowest BCUT2D eigenvalue weighted by Crippen LogP contribution is -2.41. The van der Waals surface area contributed by atoms with Crippen LogP contribution in [-0.4, -0.2) is 44.6 Å². The summed E-state index contributed by atoms with van der Waals surface area (Å²) in [5.41, 5.74) is 7.30. The average Bonchev–Trinajstić information content (AvgIpc) is 3.17. The Kier molecular flexibility index (Phi) is 5.16. The number of nitrogens with zero attached hydrogens (tertiary/aromatic N) is 4. The van der Waals surface area contributed by atoms with Crippen LogP contribution in [0.25, 0.3) is 22.4 Å². The van der Waals surface area contributed by atoms with Gasteiger partial charge in [-0.15, -0.1) is 0 Å². The Bertz CT molecular complexity index is 1160. The maximum atomic E-state index is 12.4. The smallest absolute Gasteiger partial charge is 0.410 e. The van der Waals surface area contributed by atoms with Gasteiger partial charge in [-0.2, -0.15) is 0 Å². The SMILES string of the molecule is CC(C)(C)OC(=O)N1CCC(c2cncc(-c3ccnc4c3-c3ccccc3C4)n2)CC1. The minimum Gasteiger partial charge on any atom is -0.444 e. The number of ether oxygens (including phenoxy) is 1. The molecule has 6 heteroatoms. The van der Waals surface area contributed by atoms with Gasteiger partial charge in [0.15, 0.2) is 0 Å². The highest BCUT2D eigenvalue weighted by Crippen LogP contribution is 2.41. The lowest BCUT2D eigenvalue weighted by atomic mass is 9.93. The predicted molar refractivity (Wildman–Crippen MR) is 123 cm³/mol. The zero-order chi connectivity index (χ0) is 22.3. The number of likely N-dealkylation sites (tertiary alicyclic amines) is 1. The van der Waals surface area contributed by atoms with Crippen LogP contribution < -0.4 is 0 Å². The van der Waals surface area contributed by atoms with Gasteiger partial charge < -0.3 is 9.64 Å². The molecule has 2 aromatic heterocycles. The van der Waals surface area contributed by atoms with E-state index in [-0.39, 0.29) is 12.0 Å². The van der Waals surface area contributed by atoms with Crippen molar-refractivity contribution in [2.24, 2.45) is 0 Å². The van der Waals surface area contributed by atoms with Gasteiger partial charge >= 0.3 is 6.09 Å². The normalized spacial score (nSPS) is 15.9. The Morgan fingerprint density at radius 2 is 1.84 bits per heavy atom. The molecule has 0 unspecified atom stereocenters.